The summed E-state index contributed by atoms with van der Waals surface area (Å²) in [5.41, 5.74) is 1.68. The van der Waals surface area contributed by atoms with E-state index in [0.717, 1.165) is 38.5 Å². The first-order valence-corrected chi connectivity index (χ1v) is 11.0. The topological polar surface area (TPSA) is 57.9 Å². The molecule has 3 aromatic rings. The summed E-state index contributed by atoms with van der Waals surface area (Å²) < 4.78 is 21.4. The highest BCUT2D eigenvalue weighted by atomic mass is 19.1. The van der Waals surface area contributed by atoms with Crippen molar-refractivity contribution in [1.82, 2.24) is 24.4 Å². The summed E-state index contributed by atoms with van der Waals surface area (Å²) in [7, 11) is 1.57. The summed E-state index contributed by atoms with van der Waals surface area (Å²) >= 11 is 0. The van der Waals surface area contributed by atoms with E-state index in [9.17, 15) is 4.39 Å². The summed E-state index contributed by atoms with van der Waals surface area (Å²) in [6, 6.07) is 7.13. The monoisotopic (exact) mass is 428 g/mol. The van der Waals surface area contributed by atoms with E-state index in [0.29, 0.717) is 28.6 Å². The lowest BCUT2D eigenvalue weighted by Crippen LogP contribution is -2.52. The van der Waals surface area contributed by atoms with Gasteiger partial charge in [-0.2, -0.15) is 5.10 Å². The molecule has 31 heavy (non-hydrogen) atoms. The van der Waals surface area contributed by atoms with E-state index in [-0.39, 0.29) is 7.24 Å². The molecule has 0 amide bonds. The summed E-state index contributed by atoms with van der Waals surface area (Å²) in [5.74, 6) is 1.03. The molecule has 0 aliphatic carbocycles. The molecule has 0 spiro atoms. The number of fused-ring (bicyclic) bond motifs is 1. The maximum Gasteiger partial charge on any atom is 0.165 e. The second-order valence-corrected chi connectivity index (χ2v) is 8.10. The van der Waals surface area contributed by atoms with Crippen LogP contribution in [0.4, 0.5) is 10.2 Å². The van der Waals surface area contributed by atoms with Gasteiger partial charge in [0.1, 0.15) is 17.4 Å². The standard InChI is InChI=1S/C23H31FN6O.H2/c1-4-9-28-12-13-29(17(2)16-28)11-8-25-22-7-10-30-23(27-22)20(15-26-30)19-14-18(31-3)5-6-21(19)24;/h5-7,10,14-15,17H,4,8-9,11-13,16H2,1-3H3,(H,25,27);1H/t17-;/m1./s1. The van der Waals surface area contributed by atoms with Crippen molar-refractivity contribution in [2.75, 3.05) is 51.7 Å². The number of piperazine rings is 1. The minimum absolute atomic E-state index is 0. The lowest BCUT2D eigenvalue weighted by molar-refractivity contribution is 0.0871. The summed E-state index contributed by atoms with van der Waals surface area (Å²) in [5, 5.41) is 7.75. The van der Waals surface area contributed by atoms with E-state index in [1.54, 1.807) is 30.0 Å². The molecular weight excluding hydrogens is 395 g/mol. The molecule has 1 atom stereocenters. The van der Waals surface area contributed by atoms with Gasteiger partial charge in [0.05, 0.1) is 13.3 Å². The van der Waals surface area contributed by atoms with Crippen molar-refractivity contribution in [3.05, 3.63) is 42.5 Å². The minimum Gasteiger partial charge on any atom is -0.497 e. The molecule has 1 saturated heterocycles. The van der Waals surface area contributed by atoms with E-state index in [2.05, 4.69) is 34.1 Å². The first-order valence-electron chi connectivity index (χ1n) is 11.0. The number of aromatic nitrogens is 3. The predicted octanol–water partition coefficient (Wildman–Crippen LogP) is 3.62. The molecular formula is C23H33FN6O. The number of methoxy groups -OCH3 is 1. The average molecular weight is 429 g/mol. The molecule has 7 nitrogen and oxygen atoms in total. The third-order valence-corrected chi connectivity index (χ3v) is 5.93. The van der Waals surface area contributed by atoms with Gasteiger partial charge in [0.15, 0.2) is 5.65 Å². The number of benzene rings is 1. The van der Waals surface area contributed by atoms with Crippen molar-refractivity contribution in [2.45, 2.75) is 26.3 Å². The van der Waals surface area contributed by atoms with E-state index in [4.69, 9.17) is 9.72 Å². The van der Waals surface area contributed by atoms with Crippen LogP contribution in [0.15, 0.2) is 36.7 Å². The maximum absolute atomic E-state index is 14.5. The van der Waals surface area contributed by atoms with Crippen molar-refractivity contribution in [1.29, 1.82) is 0 Å². The fraction of sp³-hybridized carbons (Fsp3) is 0.478. The summed E-state index contributed by atoms with van der Waals surface area (Å²) in [6.45, 7) is 10.8. The molecule has 1 N–H and O–H groups in total. The molecule has 168 valence electrons. The van der Waals surface area contributed by atoms with Crippen molar-refractivity contribution in [3.63, 3.8) is 0 Å². The lowest BCUT2D eigenvalue weighted by atomic mass is 10.1. The Bertz CT molecular complexity index is 1030. The average Bonchev–Trinajstić information content (AvgIpc) is 3.19. The quantitative estimate of drug-likeness (QED) is 0.591. The zero-order chi connectivity index (χ0) is 21.8. The number of ether oxygens (including phenoxy) is 1. The van der Waals surface area contributed by atoms with Crippen LogP contribution in [-0.2, 0) is 0 Å². The van der Waals surface area contributed by atoms with Crippen molar-refractivity contribution in [2.24, 2.45) is 0 Å². The predicted molar refractivity (Wildman–Crippen MR) is 123 cm³/mol. The summed E-state index contributed by atoms with van der Waals surface area (Å²) in [6.07, 6.45) is 4.69. The fourth-order valence-corrected chi connectivity index (χ4v) is 4.24. The third-order valence-electron chi connectivity index (χ3n) is 5.93. The molecule has 0 saturated carbocycles. The second-order valence-electron chi connectivity index (χ2n) is 8.10. The van der Waals surface area contributed by atoms with Gasteiger partial charge in [-0.1, -0.05) is 6.92 Å². The number of hydrogen-bond donors (Lipinski definition) is 1. The molecule has 1 aliphatic heterocycles. The number of nitrogens with one attached hydrogen (secondary N) is 1. The van der Waals surface area contributed by atoms with E-state index >= 15 is 0 Å². The van der Waals surface area contributed by atoms with Crippen molar-refractivity contribution < 1.29 is 10.6 Å². The highest BCUT2D eigenvalue weighted by molar-refractivity contribution is 5.78. The van der Waals surface area contributed by atoms with Gasteiger partial charge < -0.3 is 15.0 Å². The Morgan fingerprint density at radius 2 is 2.10 bits per heavy atom. The molecule has 4 rings (SSSR count). The van der Waals surface area contributed by atoms with Crippen LogP contribution in [0.5, 0.6) is 5.75 Å². The minimum atomic E-state index is -0.327. The molecule has 1 aliphatic rings. The Balaban J connectivity index is 0.00000289. The Labute approximate surface area is 184 Å². The lowest BCUT2D eigenvalue weighted by Gasteiger charge is -2.39. The number of rotatable bonds is 8. The molecule has 1 aromatic carbocycles. The van der Waals surface area contributed by atoms with Gasteiger partial charge in [-0.3, -0.25) is 4.90 Å². The zero-order valence-electron chi connectivity index (χ0n) is 18.5. The molecule has 3 heterocycles. The molecule has 2 aromatic heterocycles. The largest absolute Gasteiger partial charge is 0.497 e. The second kappa shape index (κ2) is 9.62. The Morgan fingerprint density at radius 3 is 2.87 bits per heavy atom. The van der Waals surface area contributed by atoms with Crippen molar-refractivity contribution >= 4 is 11.5 Å². The third kappa shape index (κ3) is 4.80. The van der Waals surface area contributed by atoms with Gasteiger partial charge in [-0.25, -0.2) is 13.9 Å². The number of halogens is 1. The van der Waals surface area contributed by atoms with Gasteiger partial charge in [0.25, 0.3) is 0 Å². The number of nitrogens with zero attached hydrogens (tertiary/aromatic N) is 5. The van der Waals surface area contributed by atoms with Crippen LogP contribution in [0.1, 0.15) is 21.7 Å². The van der Waals surface area contributed by atoms with E-state index in [1.807, 2.05) is 12.3 Å². The molecule has 8 heteroatoms. The first kappa shape index (κ1) is 21.5. The van der Waals surface area contributed by atoms with Gasteiger partial charge in [0, 0.05) is 57.5 Å². The van der Waals surface area contributed by atoms with E-state index in [1.165, 1.54) is 19.0 Å². The number of anilines is 1. The van der Waals surface area contributed by atoms with Crippen LogP contribution < -0.4 is 10.1 Å². The highest BCUT2D eigenvalue weighted by Crippen LogP contribution is 2.29. The molecule has 0 bridgehead atoms. The molecule has 0 radical (unpaired) electrons. The highest BCUT2D eigenvalue weighted by Gasteiger charge is 2.22. The Morgan fingerprint density at radius 1 is 1.23 bits per heavy atom. The van der Waals surface area contributed by atoms with Crippen LogP contribution >= 0.6 is 0 Å². The van der Waals surface area contributed by atoms with Crippen LogP contribution in [0.3, 0.4) is 0 Å². The zero-order valence-corrected chi connectivity index (χ0v) is 18.5. The molecule has 0 unspecified atom stereocenters. The number of hydrogen-bond acceptors (Lipinski definition) is 6. The smallest absolute Gasteiger partial charge is 0.165 e. The van der Waals surface area contributed by atoms with Crippen LogP contribution in [0.25, 0.3) is 16.8 Å². The Kier molecular flexibility index (Phi) is 6.67. The van der Waals surface area contributed by atoms with Gasteiger partial charge in [-0.15, -0.1) is 0 Å². The van der Waals surface area contributed by atoms with Crippen LogP contribution in [0, 0.1) is 5.82 Å². The van der Waals surface area contributed by atoms with Crippen LogP contribution in [0.2, 0.25) is 0 Å². The maximum atomic E-state index is 14.5. The fourth-order valence-electron chi connectivity index (χ4n) is 4.24. The Hall–Kier alpha value is -2.71. The van der Waals surface area contributed by atoms with Gasteiger partial charge >= 0.3 is 0 Å². The summed E-state index contributed by atoms with van der Waals surface area (Å²) in [4.78, 5) is 9.77. The van der Waals surface area contributed by atoms with Crippen LogP contribution in [-0.4, -0.2) is 76.8 Å². The van der Waals surface area contributed by atoms with E-state index < -0.39 is 0 Å². The normalized spacial score (nSPS) is 17.9. The van der Waals surface area contributed by atoms with Gasteiger partial charge in [0.2, 0.25) is 0 Å². The first-order chi connectivity index (χ1) is 15.1. The SMILES string of the molecule is CCCN1CCN(CCNc2ccn3ncc(-c4cc(OC)ccc4F)c3n2)[C@H](C)C1.[HH]. The van der Waals surface area contributed by atoms with Gasteiger partial charge in [-0.05, 0) is 44.2 Å². The molecule has 1 fully saturated rings. The van der Waals surface area contributed by atoms with Crippen molar-refractivity contribution in [3.8, 4) is 16.9 Å².